The number of carbonyl (C=O) groups is 2. The van der Waals surface area contributed by atoms with Gasteiger partial charge in [0.15, 0.2) is 11.5 Å². The highest BCUT2D eigenvalue weighted by Crippen LogP contribution is 2.42. The summed E-state index contributed by atoms with van der Waals surface area (Å²) in [7, 11) is 0. The van der Waals surface area contributed by atoms with Crippen LogP contribution in [0.1, 0.15) is 36.0 Å². The number of ether oxygens (including phenoxy) is 1. The van der Waals surface area contributed by atoms with Crippen LogP contribution in [0.15, 0.2) is 101 Å². The van der Waals surface area contributed by atoms with Gasteiger partial charge in [0.2, 0.25) is 5.78 Å². The summed E-state index contributed by atoms with van der Waals surface area (Å²) < 4.78 is 11.5. The van der Waals surface area contributed by atoms with Crippen molar-refractivity contribution >= 4 is 28.3 Å². The topological polar surface area (TPSA) is 80.0 Å². The monoisotopic (exact) mass is 453 g/mol. The Morgan fingerprint density at radius 2 is 1.65 bits per heavy atom. The minimum Gasteiger partial charge on any atom is -0.503 e. The molecule has 34 heavy (non-hydrogen) atoms. The first-order valence-corrected chi connectivity index (χ1v) is 11.1. The molecule has 1 atom stereocenters. The summed E-state index contributed by atoms with van der Waals surface area (Å²) in [5.74, 6) is -1.03. The van der Waals surface area contributed by atoms with Gasteiger partial charge in [-0.15, -0.1) is 0 Å². The number of para-hydroxylation sites is 1. The van der Waals surface area contributed by atoms with E-state index in [0.717, 1.165) is 5.39 Å². The third kappa shape index (κ3) is 3.73. The molecule has 6 heteroatoms. The van der Waals surface area contributed by atoms with Gasteiger partial charge in [0.05, 0.1) is 17.7 Å². The average molecular weight is 453 g/mol. The van der Waals surface area contributed by atoms with Crippen LogP contribution in [0.4, 0.5) is 5.69 Å². The minimum atomic E-state index is -0.814. The second-order valence-electron chi connectivity index (χ2n) is 8.39. The Balaban J connectivity index is 1.59. The lowest BCUT2D eigenvalue weighted by molar-refractivity contribution is -0.117. The van der Waals surface area contributed by atoms with E-state index in [0.29, 0.717) is 22.6 Å². The van der Waals surface area contributed by atoms with Crippen LogP contribution in [0.2, 0.25) is 0 Å². The van der Waals surface area contributed by atoms with Gasteiger partial charge in [-0.2, -0.15) is 0 Å². The molecular formula is C28H23NO5. The standard InChI is InChI=1S/C28H23NO5/c1-17(2)33-21-14-12-20(13-15-21)29-25(18-8-4-3-5-9-18)24(27(31)28(29)32)26(30)23-16-19-10-6-7-11-22(19)34-23/h3-17,25,31H,1-2H3. The highest BCUT2D eigenvalue weighted by molar-refractivity contribution is 6.20. The number of furan rings is 1. The molecule has 0 saturated heterocycles. The lowest BCUT2D eigenvalue weighted by Crippen LogP contribution is -2.31. The Kier molecular flexibility index (Phi) is 5.42. The maximum atomic E-state index is 13.6. The number of benzene rings is 3. The smallest absolute Gasteiger partial charge is 0.294 e. The third-order valence-corrected chi connectivity index (χ3v) is 5.70. The van der Waals surface area contributed by atoms with Crippen molar-refractivity contribution in [1.29, 1.82) is 0 Å². The van der Waals surface area contributed by atoms with Gasteiger partial charge in [-0.05, 0) is 55.8 Å². The quantitative estimate of drug-likeness (QED) is 0.362. The van der Waals surface area contributed by atoms with E-state index < -0.39 is 23.5 Å². The zero-order chi connectivity index (χ0) is 23.8. The van der Waals surface area contributed by atoms with Crippen LogP contribution in [0.5, 0.6) is 5.75 Å². The Labute approximate surface area is 196 Å². The molecule has 3 aromatic carbocycles. The van der Waals surface area contributed by atoms with Crippen LogP contribution in [0, 0.1) is 0 Å². The summed E-state index contributed by atoms with van der Waals surface area (Å²) in [6, 6.07) is 24.3. The third-order valence-electron chi connectivity index (χ3n) is 5.70. The molecule has 0 aliphatic carbocycles. The van der Waals surface area contributed by atoms with Crippen molar-refractivity contribution in [3.63, 3.8) is 0 Å². The zero-order valence-corrected chi connectivity index (χ0v) is 18.8. The van der Waals surface area contributed by atoms with Crippen LogP contribution in [0.25, 0.3) is 11.0 Å². The molecule has 1 aliphatic rings. The SMILES string of the molecule is CC(C)Oc1ccc(N2C(=O)C(O)=C(C(=O)c3cc4ccccc4o3)C2c2ccccc2)cc1. The number of hydrogen-bond donors (Lipinski definition) is 1. The van der Waals surface area contributed by atoms with E-state index in [1.54, 1.807) is 36.4 Å². The zero-order valence-electron chi connectivity index (χ0n) is 18.8. The molecule has 1 unspecified atom stereocenters. The van der Waals surface area contributed by atoms with Crippen molar-refractivity contribution in [2.24, 2.45) is 0 Å². The first kappa shape index (κ1) is 21.5. The summed E-state index contributed by atoms with van der Waals surface area (Å²) in [4.78, 5) is 28.3. The van der Waals surface area contributed by atoms with Crippen molar-refractivity contribution in [1.82, 2.24) is 0 Å². The summed E-state index contributed by atoms with van der Waals surface area (Å²) in [5.41, 5.74) is 1.78. The number of nitrogens with zero attached hydrogens (tertiary/aromatic N) is 1. The van der Waals surface area contributed by atoms with E-state index in [1.165, 1.54) is 4.90 Å². The molecule has 6 nitrogen and oxygen atoms in total. The summed E-state index contributed by atoms with van der Waals surface area (Å²) in [6.45, 7) is 3.86. The summed E-state index contributed by atoms with van der Waals surface area (Å²) >= 11 is 0. The number of fused-ring (bicyclic) bond motifs is 1. The number of ketones is 1. The van der Waals surface area contributed by atoms with E-state index in [4.69, 9.17) is 9.15 Å². The highest BCUT2D eigenvalue weighted by Gasteiger charge is 2.45. The lowest BCUT2D eigenvalue weighted by atomic mass is 9.95. The molecule has 1 aliphatic heterocycles. The van der Waals surface area contributed by atoms with Gasteiger partial charge in [0.1, 0.15) is 11.3 Å². The molecule has 0 bridgehead atoms. The van der Waals surface area contributed by atoms with E-state index in [1.807, 2.05) is 62.4 Å². The maximum absolute atomic E-state index is 13.6. The van der Waals surface area contributed by atoms with E-state index in [9.17, 15) is 14.7 Å². The van der Waals surface area contributed by atoms with E-state index in [2.05, 4.69) is 0 Å². The van der Waals surface area contributed by atoms with Crippen LogP contribution >= 0.6 is 0 Å². The molecule has 1 N–H and O–H groups in total. The Morgan fingerprint density at radius 1 is 0.971 bits per heavy atom. The van der Waals surface area contributed by atoms with Crippen molar-refractivity contribution in [3.05, 3.63) is 108 Å². The molecule has 1 amide bonds. The first-order chi connectivity index (χ1) is 16.4. The number of rotatable bonds is 6. The molecule has 0 spiro atoms. The molecule has 0 saturated carbocycles. The van der Waals surface area contributed by atoms with Gasteiger partial charge in [-0.25, -0.2) is 0 Å². The summed E-state index contributed by atoms with van der Waals surface area (Å²) in [6.07, 6.45) is 0.00933. The summed E-state index contributed by atoms with van der Waals surface area (Å²) in [5, 5.41) is 11.7. The second-order valence-corrected chi connectivity index (χ2v) is 8.39. The molecule has 4 aromatic rings. The Bertz CT molecular complexity index is 1370. The number of aliphatic hydroxyl groups is 1. The number of Topliss-reactive ketones (excluding diaryl/α,β-unsaturated/α-hetero) is 1. The van der Waals surface area contributed by atoms with Gasteiger partial charge in [-0.1, -0.05) is 48.5 Å². The fraction of sp³-hybridized carbons (Fsp3) is 0.143. The van der Waals surface area contributed by atoms with Crippen LogP contribution in [-0.4, -0.2) is 22.9 Å². The fourth-order valence-electron chi connectivity index (χ4n) is 4.24. The van der Waals surface area contributed by atoms with Gasteiger partial charge in [0.25, 0.3) is 5.91 Å². The predicted molar refractivity (Wildman–Crippen MR) is 129 cm³/mol. The minimum absolute atomic E-state index is 0.00933. The second kappa shape index (κ2) is 8.56. The number of aliphatic hydroxyl groups excluding tert-OH is 1. The van der Waals surface area contributed by atoms with E-state index in [-0.39, 0.29) is 17.4 Å². The average Bonchev–Trinajstić information content (AvgIpc) is 3.39. The molecule has 0 fully saturated rings. The molecule has 1 aromatic heterocycles. The number of carbonyl (C=O) groups excluding carboxylic acids is 2. The number of hydrogen-bond acceptors (Lipinski definition) is 5. The van der Waals surface area contributed by atoms with E-state index >= 15 is 0 Å². The van der Waals surface area contributed by atoms with Crippen molar-refractivity contribution in [3.8, 4) is 5.75 Å². The van der Waals surface area contributed by atoms with Gasteiger partial charge >= 0.3 is 0 Å². The van der Waals surface area contributed by atoms with Gasteiger partial charge in [0, 0.05) is 11.1 Å². The predicted octanol–water partition coefficient (Wildman–Crippen LogP) is 6.00. The van der Waals surface area contributed by atoms with Crippen molar-refractivity contribution < 1.29 is 23.8 Å². The molecule has 5 rings (SSSR count). The Morgan fingerprint density at radius 3 is 2.32 bits per heavy atom. The largest absolute Gasteiger partial charge is 0.503 e. The van der Waals surface area contributed by atoms with Crippen LogP contribution < -0.4 is 9.64 Å². The molecule has 0 radical (unpaired) electrons. The first-order valence-electron chi connectivity index (χ1n) is 11.1. The van der Waals surface area contributed by atoms with Gasteiger partial charge in [-0.3, -0.25) is 14.5 Å². The van der Waals surface area contributed by atoms with Crippen molar-refractivity contribution in [2.75, 3.05) is 4.90 Å². The molecule has 170 valence electrons. The lowest BCUT2D eigenvalue weighted by Gasteiger charge is -2.27. The van der Waals surface area contributed by atoms with Crippen LogP contribution in [-0.2, 0) is 4.79 Å². The van der Waals surface area contributed by atoms with Crippen LogP contribution in [0.3, 0.4) is 0 Å². The van der Waals surface area contributed by atoms with Gasteiger partial charge < -0.3 is 14.3 Å². The fourth-order valence-corrected chi connectivity index (χ4v) is 4.24. The highest BCUT2D eigenvalue weighted by atomic mass is 16.5. The number of amides is 1. The normalized spacial score (nSPS) is 16.0. The molecule has 2 heterocycles. The number of anilines is 1. The Hall–Kier alpha value is -4.32. The van der Waals surface area contributed by atoms with Crippen molar-refractivity contribution in [2.45, 2.75) is 26.0 Å². The molecular weight excluding hydrogens is 430 g/mol. The maximum Gasteiger partial charge on any atom is 0.294 e.